The molecule has 0 aromatic heterocycles. The van der Waals surface area contributed by atoms with Crippen molar-refractivity contribution in [3.63, 3.8) is 0 Å². The average molecular weight is 943 g/mol. The summed E-state index contributed by atoms with van der Waals surface area (Å²) in [6, 6.07) is 0. The first-order valence-corrected chi connectivity index (χ1v) is 24.5. The summed E-state index contributed by atoms with van der Waals surface area (Å²) in [5.74, 6) is -0.143. The molecule has 9 fully saturated rings. The first kappa shape index (κ1) is 50.0. The number of aliphatic hydroxyl groups is 10. The van der Waals surface area contributed by atoms with Crippen molar-refractivity contribution in [3.05, 3.63) is 11.6 Å². The third-order valence-electron chi connectivity index (χ3n) is 19.3. The van der Waals surface area contributed by atoms with Crippen LogP contribution in [0.2, 0.25) is 0 Å². The van der Waals surface area contributed by atoms with Gasteiger partial charge in [0, 0.05) is 17.8 Å². The highest BCUT2D eigenvalue weighted by Crippen LogP contribution is 2.81. The highest BCUT2D eigenvalue weighted by Gasteiger charge is 2.82. The second-order valence-electron chi connectivity index (χ2n) is 23.3. The summed E-state index contributed by atoms with van der Waals surface area (Å²) in [5, 5.41) is 109. The fourth-order valence-corrected chi connectivity index (χ4v) is 15.9. The second kappa shape index (κ2) is 17.4. The molecule has 5 heterocycles. The normalized spacial score (nSPS) is 57.4. The van der Waals surface area contributed by atoms with Gasteiger partial charge >= 0.3 is 0 Å². The van der Waals surface area contributed by atoms with Crippen LogP contribution in [0.3, 0.4) is 0 Å². The van der Waals surface area contributed by atoms with Gasteiger partial charge in [-0.15, -0.1) is 0 Å². The Hall–Kier alpha value is -0.980. The molecule has 9 aliphatic rings. The Morgan fingerprint density at radius 3 is 1.95 bits per heavy atom. The maximum atomic E-state index is 12.3. The molecule has 378 valence electrons. The number of ether oxygens (including phenoxy) is 8. The number of hydrogen-bond acceptors (Lipinski definition) is 18. The van der Waals surface area contributed by atoms with E-state index < -0.39 is 128 Å². The van der Waals surface area contributed by atoms with Crippen LogP contribution < -0.4 is 0 Å². The fraction of sp³-hybridized carbons (Fsp3) is 0.958. The van der Waals surface area contributed by atoms with E-state index in [9.17, 15) is 51.1 Å². The molecule has 26 atom stereocenters. The average Bonchev–Trinajstić information content (AvgIpc) is 3.87. The van der Waals surface area contributed by atoms with E-state index in [1.807, 2.05) is 6.92 Å². The number of allylic oxidation sites excluding steroid dienone is 1. The van der Waals surface area contributed by atoms with Gasteiger partial charge in [-0.05, 0) is 107 Å². The minimum atomic E-state index is -1.86. The molecule has 10 N–H and O–H groups in total. The minimum absolute atomic E-state index is 0.0887. The third-order valence-corrected chi connectivity index (χ3v) is 19.3. The molecule has 2 spiro atoms. The molecule has 18 nitrogen and oxygen atoms in total. The molecule has 0 aromatic rings. The van der Waals surface area contributed by atoms with Crippen molar-refractivity contribution in [1.82, 2.24) is 0 Å². The monoisotopic (exact) mass is 943 g/mol. The Morgan fingerprint density at radius 2 is 1.29 bits per heavy atom. The van der Waals surface area contributed by atoms with Crippen molar-refractivity contribution in [2.45, 2.75) is 222 Å². The Labute approximate surface area is 387 Å². The quantitative estimate of drug-likeness (QED) is 0.105. The molecular weight excluding hydrogens is 865 g/mol. The highest BCUT2D eigenvalue weighted by atomic mass is 16.8. The van der Waals surface area contributed by atoms with E-state index in [-0.39, 0.29) is 40.1 Å². The van der Waals surface area contributed by atoms with Crippen LogP contribution in [0.4, 0.5) is 0 Å². The Balaban J connectivity index is 0.986. The Morgan fingerprint density at radius 1 is 0.667 bits per heavy atom. The van der Waals surface area contributed by atoms with Crippen LogP contribution in [-0.4, -0.2) is 187 Å². The molecule has 0 radical (unpaired) electrons. The number of aliphatic hydroxyl groups excluding tert-OH is 9. The van der Waals surface area contributed by atoms with E-state index >= 15 is 0 Å². The van der Waals surface area contributed by atoms with Gasteiger partial charge in [0.15, 0.2) is 24.7 Å². The van der Waals surface area contributed by atoms with Crippen LogP contribution in [-0.2, 0) is 37.9 Å². The summed E-state index contributed by atoms with van der Waals surface area (Å²) in [5.41, 5.74) is -0.692. The lowest BCUT2D eigenvalue weighted by Crippen LogP contribution is -2.68. The van der Waals surface area contributed by atoms with Gasteiger partial charge in [-0.2, -0.15) is 0 Å². The SMILES string of the molecule is CC(C)=CC[C@@H]1O[C@]23C[C@]4(CO2)[C@H](CC[C@@H]2[C@@]5(C)CCC(O[C@@H]6O[C@H](CO)[C@@H](O)[C@H](O[C@@H]7O[C@H](CO)[C@@H](O)[C@H](O)[C@H]7O)[C@H]6O[C@@H]6O[C@@H](C)[C@H](O)[C@@H](O)[C@H]6O)C(C)(C)[C@@H]5CC[C@]24C)[C@H]3[C@@]1(C)O. The first-order valence-electron chi connectivity index (χ1n) is 24.5. The van der Waals surface area contributed by atoms with E-state index in [0.717, 1.165) is 38.5 Å². The van der Waals surface area contributed by atoms with Gasteiger partial charge in [0.25, 0.3) is 0 Å². The minimum Gasteiger partial charge on any atom is -0.394 e. The topological polar surface area (TPSA) is 276 Å². The predicted octanol–water partition coefficient (Wildman–Crippen LogP) is 0.355. The Kier molecular flexibility index (Phi) is 13.1. The van der Waals surface area contributed by atoms with Crippen molar-refractivity contribution < 1.29 is 89.0 Å². The van der Waals surface area contributed by atoms with Gasteiger partial charge in [-0.1, -0.05) is 39.3 Å². The predicted molar refractivity (Wildman–Crippen MR) is 229 cm³/mol. The van der Waals surface area contributed by atoms with Crippen LogP contribution in [0.25, 0.3) is 0 Å². The van der Waals surface area contributed by atoms with E-state index in [4.69, 9.17) is 37.9 Å². The maximum Gasteiger partial charge on any atom is 0.187 e. The Bertz CT molecular complexity index is 1790. The van der Waals surface area contributed by atoms with Crippen LogP contribution in [0.1, 0.15) is 107 Å². The van der Waals surface area contributed by atoms with E-state index in [1.54, 1.807) is 0 Å². The van der Waals surface area contributed by atoms with Crippen molar-refractivity contribution in [3.8, 4) is 0 Å². The van der Waals surface area contributed by atoms with Gasteiger partial charge in [-0.25, -0.2) is 0 Å². The van der Waals surface area contributed by atoms with Crippen LogP contribution in [0.5, 0.6) is 0 Å². The van der Waals surface area contributed by atoms with Crippen LogP contribution >= 0.6 is 0 Å². The molecule has 5 saturated heterocycles. The standard InChI is InChI=1S/C48H78O18/c1-21(2)9-12-29-46(8,58)39-23-10-11-27-44(6)15-14-28(43(4,5)26(44)13-16-45(27,7)47(23)19-48(39,66-29)59-20-47)63-42-38(65-40-35(56)33(54)30(51)22(3)60-40)37(32(53)25(18-50)62-42)64-41-36(57)34(55)31(52)24(17-49)61-41/h9,22-42,49-58H,10-20H2,1-8H3/t22-,23+,24+,25+,26-,27+,28?,29-,30-,31+,32+,33+,34-,35+,36+,37-,38+,39-,40-,41-,42-,44-,45+,46-,47-,48-/m0/s1. The zero-order chi connectivity index (χ0) is 47.8. The van der Waals surface area contributed by atoms with Gasteiger partial charge in [0.1, 0.15) is 67.1 Å². The molecular formula is C48H78O18. The molecule has 5 aliphatic heterocycles. The number of rotatable bonds is 10. The summed E-state index contributed by atoms with van der Waals surface area (Å²) >= 11 is 0. The van der Waals surface area contributed by atoms with Gasteiger partial charge in [0.2, 0.25) is 0 Å². The lowest BCUT2D eigenvalue weighted by atomic mass is 9.35. The zero-order valence-corrected chi connectivity index (χ0v) is 39.7. The molecule has 18 heteroatoms. The third kappa shape index (κ3) is 7.32. The van der Waals surface area contributed by atoms with E-state index in [2.05, 4.69) is 47.6 Å². The summed E-state index contributed by atoms with van der Waals surface area (Å²) in [6.45, 7) is 16.1. The summed E-state index contributed by atoms with van der Waals surface area (Å²) < 4.78 is 51.1. The van der Waals surface area contributed by atoms with Crippen LogP contribution in [0, 0.1) is 45.3 Å². The smallest absolute Gasteiger partial charge is 0.187 e. The lowest BCUT2D eigenvalue weighted by molar-refractivity contribution is -0.398. The van der Waals surface area contributed by atoms with Crippen molar-refractivity contribution in [2.24, 2.45) is 45.3 Å². The summed E-state index contributed by atoms with van der Waals surface area (Å²) in [6.07, 6.45) is -15.6. The van der Waals surface area contributed by atoms with Crippen molar-refractivity contribution in [1.29, 1.82) is 0 Å². The van der Waals surface area contributed by atoms with Gasteiger partial charge in [-0.3, -0.25) is 0 Å². The fourth-order valence-electron chi connectivity index (χ4n) is 15.9. The van der Waals surface area contributed by atoms with E-state index in [0.29, 0.717) is 25.4 Å². The molecule has 0 amide bonds. The molecule has 9 rings (SSSR count). The molecule has 66 heavy (non-hydrogen) atoms. The number of fused-ring (bicyclic) bond motifs is 4. The molecule has 0 aromatic carbocycles. The molecule has 1 unspecified atom stereocenters. The first-order chi connectivity index (χ1) is 30.9. The molecule has 4 aliphatic carbocycles. The largest absolute Gasteiger partial charge is 0.394 e. The van der Waals surface area contributed by atoms with Crippen LogP contribution in [0.15, 0.2) is 11.6 Å². The van der Waals surface area contributed by atoms with Gasteiger partial charge in [0.05, 0.1) is 43.7 Å². The molecule has 2 bridgehead atoms. The van der Waals surface area contributed by atoms with Crippen molar-refractivity contribution in [2.75, 3.05) is 19.8 Å². The van der Waals surface area contributed by atoms with Crippen molar-refractivity contribution >= 4 is 0 Å². The lowest BCUT2D eigenvalue weighted by Gasteiger charge is -2.70. The number of hydrogen-bond donors (Lipinski definition) is 10. The maximum absolute atomic E-state index is 12.3. The zero-order valence-electron chi connectivity index (χ0n) is 39.7. The second-order valence-corrected chi connectivity index (χ2v) is 23.3. The highest BCUT2D eigenvalue weighted by molar-refractivity contribution is 5.28. The van der Waals surface area contributed by atoms with Gasteiger partial charge < -0.3 is 89.0 Å². The summed E-state index contributed by atoms with van der Waals surface area (Å²) in [4.78, 5) is 0. The van der Waals surface area contributed by atoms with E-state index in [1.165, 1.54) is 12.5 Å². The molecule has 4 saturated carbocycles. The summed E-state index contributed by atoms with van der Waals surface area (Å²) in [7, 11) is 0.